The van der Waals surface area contributed by atoms with Crippen LogP contribution in [0.15, 0.2) is 41.8 Å². The SMILES string of the molecule is Cc1c(N)cccc1NC(=O)CCCSc1ncccn1. The Labute approximate surface area is 128 Å². The van der Waals surface area contributed by atoms with Gasteiger partial charge in [-0.05, 0) is 37.1 Å². The monoisotopic (exact) mass is 302 g/mol. The molecule has 1 aromatic carbocycles. The zero-order chi connectivity index (χ0) is 15.1. The van der Waals surface area contributed by atoms with Crippen LogP contribution < -0.4 is 11.1 Å². The minimum Gasteiger partial charge on any atom is -0.398 e. The van der Waals surface area contributed by atoms with E-state index in [9.17, 15) is 4.79 Å². The maximum Gasteiger partial charge on any atom is 0.224 e. The number of nitrogens with zero attached hydrogens (tertiary/aromatic N) is 2. The molecule has 0 bridgehead atoms. The van der Waals surface area contributed by atoms with E-state index in [0.717, 1.165) is 28.6 Å². The Morgan fingerprint density at radius 3 is 2.81 bits per heavy atom. The van der Waals surface area contributed by atoms with Gasteiger partial charge in [0.05, 0.1) is 0 Å². The Hall–Kier alpha value is -2.08. The van der Waals surface area contributed by atoms with E-state index in [1.165, 1.54) is 0 Å². The van der Waals surface area contributed by atoms with Crippen LogP contribution in [0.1, 0.15) is 18.4 Å². The lowest BCUT2D eigenvalue weighted by atomic mass is 10.1. The summed E-state index contributed by atoms with van der Waals surface area (Å²) in [6.07, 6.45) is 4.67. The van der Waals surface area contributed by atoms with Crippen LogP contribution in [0.5, 0.6) is 0 Å². The number of aromatic nitrogens is 2. The first-order chi connectivity index (χ1) is 10.2. The second kappa shape index (κ2) is 7.64. The average molecular weight is 302 g/mol. The number of nitrogen functional groups attached to an aromatic ring is 1. The van der Waals surface area contributed by atoms with Gasteiger partial charge in [0, 0.05) is 35.9 Å². The van der Waals surface area contributed by atoms with Gasteiger partial charge >= 0.3 is 0 Å². The molecule has 0 fully saturated rings. The maximum atomic E-state index is 11.9. The fraction of sp³-hybridized carbons (Fsp3) is 0.267. The minimum absolute atomic E-state index is 0.00159. The van der Waals surface area contributed by atoms with Crippen molar-refractivity contribution in [2.75, 3.05) is 16.8 Å². The Balaban J connectivity index is 1.74. The van der Waals surface area contributed by atoms with Crippen LogP contribution in [0, 0.1) is 6.92 Å². The zero-order valence-electron chi connectivity index (χ0n) is 11.9. The normalized spacial score (nSPS) is 10.3. The molecule has 1 heterocycles. The molecular weight excluding hydrogens is 284 g/mol. The summed E-state index contributed by atoms with van der Waals surface area (Å²) in [5.41, 5.74) is 8.18. The van der Waals surface area contributed by atoms with Crippen molar-refractivity contribution in [3.05, 3.63) is 42.2 Å². The molecule has 1 amide bonds. The highest BCUT2D eigenvalue weighted by Crippen LogP contribution is 2.21. The van der Waals surface area contributed by atoms with E-state index in [2.05, 4.69) is 15.3 Å². The van der Waals surface area contributed by atoms with Gasteiger partial charge in [0.25, 0.3) is 0 Å². The third-order valence-electron chi connectivity index (χ3n) is 2.97. The molecule has 110 valence electrons. The fourth-order valence-electron chi connectivity index (χ4n) is 1.76. The lowest BCUT2D eigenvalue weighted by Gasteiger charge is -2.09. The second-order valence-corrected chi connectivity index (χ2v) is 5.61. The van der Waals surface area contributed by atoms with Crippen LogP contribution in [0.25, 0.3) is 0 Å². The first-order valence-corrected chi connectivity index (χ1v) is 7.70. The van der Waals surface area contributed by atoms with Crippen molar-refractivity contribution in [2.45, 2.75) is 24.9 Å². The molecule has 5 nitrogen and oxygen atoms in total. The molecule has 0 spiro atoms. The molecule has 0 aliphatic rings. The van der Waals surface area contributed by atoms with Crippen molar-refractivity contribution in [1.29, 1.82) is 0 Å². The van der Waals surface area contributed by atoms with E-state index < -0.39 is 0 Å². The Kier molecular flexibility index (Phi) is 5.57. The highest BCUT2D eigenvalue weighted by atomic mass is 32.2. The Bertz CT molecular complexity index is 604. The second-order valence-electron chi connectivity index (χ2n) is 4.55. The van der Waals surface area contributed by atoms with Crippen LogP contribution in [0.2, 0.25) is 0 Å². The van der Waals surface area contributed by atoms with Crippen molar-refractivity contribution < 1.29 is 4.79 Å². The quantitative estimate of drug-likeness (QED) is 0.371. The molecule has 2 aromatic rings. The van der Waals surface area contributed by atoms with E-state index in [1.54, 1.807) is 30.2 Å². The number of nitrogens with one attached hydrogen (secondary N) is 1. The van der Waals surface area contributed by atoms with Crippen LogP contribution in [-0.2, 0) is 4.79 Å². The van der Waals surface area contributed by atoms with Gasteiger partial charge in [-0.15, -0.1) is 0 Å². The molecule has 0 radical (unpaired) electrons. The number of amides is 1. The topological polar surface area (TPSA) is 80.9 Å². The highest BCUT2D eigenvalue weighted by Gasteiger charge is 2.06. The number of nitrogens with two attached hydrogens (primary N) is 1. The molecule has 0 saturated heterocycles. The van der Waals surface area contributed by atoms with Crippen molar-refractivity contribution in [3.63, 3.8) is 0 Å². The molecule has 0 atom stereocenters. The van der Waals surface area contributed by atoms with E-state index in [-0.39, 0.29) is 5.91 Å². The largest absolute Gasteiger partial charge is 0.398 e. The molecule has 1 aromatic heterocycles. The van der Waals surface area contributed by atoms with Gasteiger partial charge in [-0.3, -0.25) is 4.79 Å². The van der Waals surface area contributed by atoms with E-state index in [0.29, 0.717) is 12.1 Å². The molecule has 0 aliphatic carbocycles. The third-order valence-corrected chi connectivity index (χ3v) is 3.93. The average Bonchev–Trinajstić information content (AvgIpc) is 2.49. The fourth-order valence-corrected chi connectivity index (χ4v) is 2.50. The number of carbonyl (C=O) groups excluding carboxylic acids is 1. The van der Waals surface area contributed by atoms with Crippen molar-refractivity contribution in [1.82, 2.24) is 9.97 Å². The van der Waals surface area contributed by atoms with Crippen molar-refractivity contribution in [2.24, 2.45) is 0 Å². The van der Waals surface area contributed by atoms with Gasteiger partial charge in [0.2, 0.25) is 5.91 Å². The summed E-state index contributed by atoms with van der Waals surface area (Å²) in [5.74, 6) is 0.811. The smallest absolute Gasteiger partial charge is 0.224 e. The number of carbonyl (C=O) groups is 1. The van der Waals surface area contributed by atoms with Gasteiger partial charge in [-0.25, -0.2) is 9.97 Å². The van der Waals surface area contributed by atoms with Gasteiger partial charge in [-0.2, -0.15) is 0 Å². The standard InChI is InChI=1S/C15H18N4OS/c1-11-12(16)5-2-6-13(11)19-14(20)7-3-10-21-15-17-8-4-9-18-15/h2,4-6,8-9H,3,7,10,16H2,1H3,(H,19,20). The van der Waals surface area contributed by atoms with Crippen molar-refractivity contribution >= 4 is 29.0 Å². The van der Waals surface area contributed by atoms with Crippen molar-refractivity contribution in [3.8, 4) is 0 Å². The maximum absolute atomic E-state index is 11.9. The van der Waals surface area contributed by atoms with Gasteiger partial charge in [0.1, 0.15) is 0 Å². The van der Waals surface area contributed by atoms with Crippen LogP contribution in [-0.4, -0.2) is 21.6 Å². The summed E-state index contributed by atoms with van der Waals surface area (Å²) in [4.78, 5) is 20.1. The number of anilines is 2. The Morgan fingerprint density at radius 1 is 1.29 bits per heavy atom. The van der Waals surface area contributed by atoms with Gasteiger partial charge in [0.15, 0.2) is 5.16 Å². The first-order valence-electron chi connectivity index (χ1n) is 6.71. The van der Waals surface area contributed by atoms with E-state index >= 15 is 0 Å². The van der Waals surface area contributed by atoms with E-state index in [1.807, 2.05) is 25.1 Å². The number of hydrogen-bond donors (Lipinski definition) is 2. The summed E-state index contributed by atoms with van der Waals surface area (Å²) < 4.78 is 0. The van der Waals surface area contributed by atoms with Crippen LogP contribution >= 0.6 is 11.8 Å². The highest BCUT2D eigenvalue weighted by molar-refractivity contribution is 7.99. The molecule has 6 heteroatoms. The molecule has 0 saturated carbocycles. The zero-order valence-corrected chi connectivity index (χ0v) is 12.7. The summed E-state index contributed by atoms with van der Waals surface area (Å²) in [7, 11) is 0. The molecule has 0 unspecified atom stereocenters. The van der Waals surface area contributed by atoms with Crippen LogP contribution in [0.4, 0.5) is 11.4 Å². The predicted molar refractivity (Wildman–Crippen MR) is 86.2 cm³/mol. The third kappa shape index (κ3) is 4.75. The molecule has 21 heavy (non-hydrogen) atoms. The minimum atomic E-state index is -0.00159. The van der Waals surface area contributed by atoms with Gasteiger partial charge < -0.3 is 11.1 Å². The first kappa shape index (κ1) is 15.3. The molecule has 3 N–H and O–H groups in total. The van der Waals surface area contributed by atoms with Crippen LogP contribution in [0.3, 0.4) is 0 Å². The summed E-state index contributed by atoms with van der Waals surface area (Å²) in [6.45, 7) is 1.90. The lowest BCUT2D eigenvalue weighted by Crippen LogP contribution is -2.12. The number of hydrogen-bond acceptors (Lipinski definition) is 5. The van der Waals surface area contributed by atoms with E-state index in [4.69, 9.17) is 5.73 Å². The summed E-state index contributed by atoms with van der Waals surface area (Å²) in [6, 6.07) is 7.30. The number of thioether (sulfide) groups is 1. The van der Waals surface area contributed by atoms with Gasteiger partial charge in [-0.1, -0.05) is 17.8 Å². The predicted octanol–water partition coefficient (Wildman–Crippen LogP) is 2.88. The molecular formula is C15H18N4OS. The lowest BCUT2D eigenvalue weighted by molar-refractivity contribution is -0.116. The summed E-state index contributed by atoms with van der Waals surface area (Å²) in [5, 5.41) is 3.63. The number of rotatable bonds is 6. The molecule has 2 rings (SSSR count). The summed E-state index contributed by atoms with van der Waals surface area (Å²) >= 11 is 1.55. The molecule has 0 aliphatic heterocycles. The Morgan fingerprint density at radius 2 is 2.05 bits per heavy atom. The number of benzene rings is 1.